The predicted molar refractivity (Wildman–Crippen MR) is 81.8 cm³/mol. The maximum Gasteiger partial charge on any atom is 0.167 e. The molecule has 2 atom stereocenters. The number of nitrogens with two attached hydrogens (primary N) is 1. The quantitative estimate of drug-likeness (QED) is 0.928. The number of hydrogen-bond acceptors (Lipinski definition) is 4. The largest absolute Gasteiger partial charge is 0.493 e. The van der Waals surface area contributed by atoms with Crippen LogP contribution in [0.15, 0.2) is 6.07 Å². The predicted octanol–water partition coefficient (Wildman–Crippen LogP) is 2.62. The van der Waals surface area contributed by atoms with Crippen molar-refractivity contribution >= 4 is 11.6 Å². The maximum atomic E-state index is 6.55. The van der Waals surface area contributed by atoms with E-state index < -0.39 is 0 Å². The van der Waals surface area contributed by atoms with Gasteiger partial charge in [-0.3, -0.25) is 4.90 Å². The highest BCUT2D eigenvalue weighted by atomic mass is 35.5. The van der Waals surface area contributed by atoms with Crippen LogP contribution in [0.1, 0.15) is 23.6 Å². The van der Waals surface area contributed by atoms with Gasteiger partial charge in [0.2, 0.25) is 0 Å². The lowest BCUT2D eigenvalue weighted by Gasteiger charge is -2.25. The first-order valence-electron chi connectivity index (χ1n) is 6.84. The molecular weight excluding hydrogens is 276 g/mol. The highest BCUT2D eigenvalue weighted by Gasteiger charge is 2.34. The van der Waals surface area contributed by atoms with Crippen LogP contribution in [0.25, 0.3) is 0 Å². The number of methoxy groups -OCH3 is 2. The molecule has 0 radical (unpaired) electrons. The first kappa shape index (κ1) is 15.4. The van der Waals surface area contributed by atoms with Gasteiger partial charge in [0.15, 0.2) is 11.5 Å². The molecule has 20 heavy (non-hydrogen) atoms. The molecule has 0 aliphatic carbocycles. The second-order valence-corrected chi connectivity index (χ2v) is 5.83. The Kier molecular flexibility index (Phi) is 4.78. The van der Waals surface area contributed by atoms with E-state index in [-0.39, 0.29) is 6.04 Å². The Morgan fingerprint density at radius 2 is 2.10 bits per heavy atom. The average Bonchev–Trinajstić information content (AvgIpc) is 2.82. The van der Waals surface area contributed by atoms with Crippen LogP contribution < -0.4 is 15.2 Å². The van der Waals surface area contributed by atoms with Crippen LogP contribution in [-0.4, -0.2) is 39.3 Å². The molecule has 1 aromatic carbocycles. The van der Waals surface area contributed by atoms with Crippen molar-refractivity contribution in [3.63, 3.8) is 0 Å². The monoisotopic (exact) mass is 298 g/mol. The Hall–Kier alpha value is -0.970. The Bertz CT molecular complexity index is 493. The summed E-state index contributed by atoms with van der Waals surface area (Å²) in [4.78, 5) is 2.29. The molecule has 5 heteroatoms. The van der Waals surface area contributed by atoms with Crippen molar-refractivity contribution in [1.82, 2.24) is 4.90 Å². The summed E-state index contributed by atoms with van der Waals surface area (Å²) in [5.41, 5.74) is 7.84. The molecule has 0 bridgehead atoms. The van der Waals surface area contributed by atoms with Gasteiger partial charge in [0.1, 0.15) is 0 Å². The molecular formula is C15H23ClN2O2. The maximum absolute atomic E-state index is 6.55. The molecule has 1 aromatic rings. The van der Waals surface area contributed by atoms with E-state index in [1.165, 1.54) is 0 Å². The molecule has 0 amide bonds. The molecule has 0 aromatic heterocycles. The van der Waals surface area contributed by atoms with Crippen molar-refractivity contribution in [2.75, 3.05) is 34.4 Å². The van der Waals surface area contributed by atoms with Crippen molar-refractivity contribution in [2.45, 2.75) is 19.4 Å². The number of rotatable bonds is 4. The van der Waals surface area contributed by atoms with Crippen LogP contribution in [0.3, 0.4) is 0 Å². The van der Waals surface area contributed by atoms with Gasteiger partial charge in [-0.2, -0.15) is 0 Å². The fourth-order valence-electron chi connectivity index (χ4n) is 3.04. The van der Waals surface area contributed by atoms with Crippen molar-refractivity contribution in [1.29, 1.82) is 0 Å². The lowest BCUT2D eigenvalue weighted by atomic mass is 9.97. The van der Waals surface area contributed by atoms with Gasteiger partial charge in [-0.15, -0.1) is 0 Å². The average molecular weight is 299 g/mol. The van der Waals surface area contributed by atoms with Crippen LogP contribution in [0.5, 0.6) is 11.5 Å². The summed E-state index contributed by atoms with van der Waals surface area (Å²) in [7, 11) is 5.41. The normalized spacial score (nSPS) is 23.1. The summed E-state index contributed by atoms with van der Waals surface area (Å²) in [5.74, 6) is 1.96. The molecule has 1 fully saturated rings. The number of nitrogens with zero attached hydrogens (tertiary/aromatic N) is 1. The third-order valence-corrected chi connectivity index (χ3v) is 4.63. The van der Waals surface area contributed by atoms with E-state index in [4.69, 9.17) is 26.8 Å². The van der Waals surface area contributed by atoms with Gasteiger partial charge >= 0.3 is 0 Å². The van der Waals surface area contributed by atoms with Crippen LogP contribution in [0.2, 0.25) is 5.02 Å². The molecule has 1 aliphatic rings. The molecule has 112 valence electrons. The van der Waals surface area contributed by atoms with E-state index in [0.717, 1.165) is 40.6 Å². The Balaban J connectivity index is 2.52. The van der Waals surface area contributed by atoms with Gasteiger partial charge in [-0.05, 0) is 44.5 Å². The van der Waals surface area contributed by atoms with Crippen LogP contribution in [-0.2, 0) is 0 Å². The number of aryl methyl sites for hydroxylation is 1. The third kappa shape index (κ3) is 2.60. The minimum atomic E-state index is 0.222. The lowest BCUT2D eigenvalue weighted by molar-refractivity contribution is 0.296. The molecule has 0 saturated carbocycles. The number of hydrogen-bond donors (Lipinski definition) is 1. The summed E-state index contributed by atoms with van der Waals surface area (Å²) in [6, 6.07) is 2.14. The van der Waals surface area contributed by atoms with Crippen LogP contribution in [0.4, 0.5) is 0 Å². The Labute approximate surface area is 125 Å². The molecule has 2 N–H and O–H groups in total. The van der Waals surface area contributed by atoms with E-state index in [1.807, 2.05) is 13.0 Å². The summed E-state index contributed by atoms with van der Waals surface area (Å²) in [6.07, 6.45) is 0.996. The smallest absolute Gasteiger partial charge is 0.167 e. The minimum Gasteiger partial charge on any atom is -0.493 e. The molecule has 1 heterocycles. The fraction of sp³-hybridized carbons (Fsp3) is 0.600. The van der Waals surface area contributed by atoms with Crippen LogP contribution >= 0.6 is 11.6 Å². The van der Waals surface area contributed by atoms with Crippen molar-refractivity contribution in [3.8, 4) is 11.5 Å². The second kappa shape index (κ2) is 6.20. The number of likely N-dealkylation sites (tertiary alicyclic amines) is 1. The molecule has 1 aliphatic heterocycles. The topological polar surface area (TPSA) is 47.7 Å². The van der Waals surface area contributed by atoms with Gasteiger partial charge in [0.25, 0.3) is 0 Å². The molecule has 2 unspecified atom stereocenters. The van der Waals surface area contributed by atoms with Gasteiger partial charge < -0.3 is 15.2 Å². The standard InChI is InChI=1S/C15H23ClN2O2/c1-9-5-12(19-3)15(20-4)13(14(9)16)11-6-10(7-17)8-18(11)2/h5,10-11H,6-8,17H2,1-4H3. The van der Waals surface area contributed by atoms with Gasteiger partial charge in [0.05, 0.1) is 19.2 Å². The van der Waals surface area contributed by atoms with E-state index in [9.17, 15) is 0 Å². The van der Waals surface area contributed by atoms with Gasteiger partial charge in [0, 0.05) is 18.2 Å². The zero-order valence-electron chi connectivity index (χ0n) is 12.6. The van der Waals surface area contributed by atoms with E-state index in [0.29, 0.717) is 12.5 Å². The molecule has 4 nitrogen and oxygen atoms in total. The summed E-state index contributed by atoms with van der Waals surface area (Å²) >= 11 is 6.55. The van der Waals surface area contributed by atoms with E-state index in [1.54, 1.807) is 14.2 Å². The SMILES string of the molecule is COc1cc(C)c(Cl)c(C2CC(CN)CN2C)c1OC. The summed E-state index contributed by atoms with van der Waals surface area (Å²) < 4.78 is 11.0. The van der Waals surface area contributed by atoms with E-state index in [2.05, 4.69) is 11.9 Å². The minimum absolute atomic E-state index is 0.222. The Morgan fingerprint density at radius 1 is 1.40 bits per heavy atom. The number of benzene rings is 1. The molecule has 1 saturated heterocycles. The number of ether oxygens (including phenoxy) is 2. The highest BCUT2D eigenvalue weighted by Crippen LogP contribution is 2.47. The van der Waals surface area contributed by atoms with Crippen LogP contribution in [0, 0.1) is 12.8 Å². The summed E-state index contributed by atoms with van der Waals surface area (Å²) in [5, 5.41) is 0.761. The lowest BCUT2D eigenvalue weighted by Crippen LogP contribution is -2.21. The van der Waals surface area contributed by atoms with Gasteiger partial charge in [-0.25, -0.2) is 0 Å². The molecule has 0 spiro atoms. The van der Waals surface area contributed by atoms with Crippen molar-refractivity contribution in [3.05, 3.63) is 22.2 Å². The van der Waals surface area contributed by atoms with Crippen molar-refractivity contribution < 1.29 is 9.47 Å². The molecule has 2 rings (SSSR count). The second-order valence-electron chi connectivity index (χ2n) is 5.45. The zero-order valence-corrected chi connectivity index (χ0v) is 13.3. The number of halogens is 1. The highest BCUT2D eigenvalue weighted by molar-refractivity contribution is 6.32. The van der Waals surface area contributed by atoms with Gasteiger partial charge in [-0.1, -0.05) is 11.6 Å². The Morgan fingerprint density at radius 3 is 2.60 bits per heavy atom. The van der Waals surface area contributed by atoms with Crippen molar-refractivity contribution in [2.24, 2.45) is 11.7 Å². The summed E-state index contributed by atoms with van der Waals surface area (Å²) in [6.45, 7) is 3.67. The first-order chi connectivity index (χ1) is 9.53. The zero-order chi connectivity index (χ0) is 14.9. The fourth-order valence-corrected chi connectivity index (χ4v) is 3.31. The van der Waals surface area contributed by atoms with E-state index >= 15 is 0 Å². The third-order valence-electron chi connectivity index (χ3n) is 4.12. The first-order valence-corrected chi connectivity index (χ1v) is 7.22.